The summed E-state index contributed by atoms with van der Waals surface area (Å²) in [5.41, 5.74) is 7.83. The van der Waals surface area contributed by atoms with Crippen molar-refractivity contribution in [3.8, 4) is 22.8 Å². The smallest absolute Gasteiger partial charge is 0.269 e. The first-order chi connectivity index (χ1) is 11.1. The number of aromatic nitrogens is 2. The number of amides is 1. The molecule has 4 N–H and O–H groups in total. The Balaban J connectivity index is 1.47. The van der Waals surface area contributed by atoms with Crippen molar-refractivity contribution in [2.24, 2.45) is 5.73 Å². The average molecular weight is 314 g/mol. The highest BCUT2D eigenvalue weighted by Crippen LogP contribution is 2.35. The molecule has 1 amide bonds. The zero-order valence-corrected chi connectivity index (χ0v) is 12.6. The number of ether oxygens (including phenoxy) is 2. The highest BCUT2D eigenvalue weighted by Gasteiger charge is 2.32. The van der Waals surface area contributed by atoms with Crippen molar-refractivity contribution in [2.45, 2.75) is 24.8 Å². The van der Waals surface area contributed by atoms with E-state index in [-0.39, 0.29) is 18.2 Å². The minimum atomic E-state index is -0.240. The first kappa shape index (κ1) is 14.1. The summed E-state index contributed by atoms with van der Waals surface area (Å²) in [6.07, 6.45) is 3.04. The molecule has 7 heteroatoms. The molecule has 1 aromatic heterocycles. The summed E-state index contributed by atoms with van der Waals surface area (Å²) in [5.74, 6) is 1.21. The van der Waals surface area contributed by atoms with Gasteiger partial charge in [-0.1, -0.05) is 0 Å². The van der Waals surface area contributed by atoms with Crippen LogP contribution in [0, 0.1) is 0 Å². The van der Waals surface area contributed by atoms with Crippen molar-refractivity contribution >= 4 is 5.91 Å². The normalized spacial score (nSPS) is 17.6. The van der Waals surface area contributed by atoms with Gasteiger partial charge in [0.25, 0.3) is 5.91 Å². The largest absolute Gasteiger partial charge is 0.454 e. The number of carbonyl (C=O) groups excluding carboxylic acids is 1. The molecule has 1 aromatic carbocycles. The fourth-order valence-corrected chi connectivity index (χ4v) is 2.80. The van der Waals surface area contributed by atoms with Crippen molar-refractivity contribution < 1.29 is 14.3 Å². The van der Waals surface area contributed by atoms with Crippen LogP contribution >= 0.6 is 0 Å². The second-order valence-electron chi connectivity index (χ2n) is 6.13. The van der Waals surface area contributed by atoms with E-state index < -0.39 is 0 Å². The van der Waals surface area contributed by atoms with Gasteiger partial charge in [0.2, 0.25) is 6.79 Å². The summed E-state index contributed by atoms with van der Waals surface area (Å²) in [4.78, 5) is 12.2. The van der Waals surface area contributed by atoms with Gasteiger partial charge in [0.05, 0.1) is 5.69 Å². The molecule has 120 valence electrons. The van der Waals surface area contributed by atoms with Crippen molar-refractivity contribution in [2.75, 3.05) is 13.3 Å². The second kappa shape index (κ2) is 5.27. The first-order valence-corrected chi connectivity index (χ1v) is 7.66. The van der Waals surface area contributed by atoms with Crippen LogP contribution in [0.4, 0.5) is 0 Å². The topological polar surface area (TPSA) is 102 Å². The number of hydrogen-bond acceptors (Lipinski definition) is 5. The Morgan fingerprint density at radius 1 is 1.30 bits per heavy atom. The lowest BCUT2D eigenvalue weighted by molar-refractivity contribution is 0.0924. The van der Waals surface area contributed by atoms with E-state index in [2.05, 4.69) is 15.5 Å². The average Bonchev–Trinajstić information content (AvgIpc) is 3.18. The Labute approximate surface area is 133 Å². The van der Waals surface area contributed by atoms with Crippen LogP contribution in [0.25, 0.3) is 11.3 Å². The highest BCUT2D eigenvalue weighted by atomic mass is 16.7. The predicted octanol–water partition coefficient (Wildman–Crippen LogP) is 1.42. The number of carbonyl (C=O) groups is 1. The summed E-state index contributed by atoms with van der Waals surface area (Å²) < 4.78 is 10.6. The Morgan fingerprint density at radius 2 is 2.13 bits per heavy atom. The number of H-pyrrole nitrogens is 1. The Morgan fingerprint density at radius 3 is 2.91 bits per heavy atom. The van der Waals surface area contributed by atoms with Crippen molar-refractivity contribution in [1.82, 2.24) is 15.5 Å². The molecule has 7 nitrogen and oxygen atoms in total. The standard InChI is InChI=1S/C16H18N4O3/c17-16(4-1-5-16)8-18-15(21)12-7-11(19-20-12)10-2-3-13-14(6-10)23-9-22-13/h2-3,6-7H,1,4-5,8-9,17H2,(H,18,21)(H,19,20). The third-order valence-electron chi connectivity index (χ3n) is 4.44. The minimum Gasteiger partial charge on any atom is -0.454 e. The number of hydrogen-bond donors (Lipinski definition) is 3. The van der Waals surface area contributed by atoms with Gasteiger partial charge in [-0.25, -0.2) is 0 Å². The van der Waals surface area contributed by atoms with Crippen LogP contribution < -0.4 is 20.5 Å². The number of aromatic amines is 1. The maximum Gasteiger partial charge on any atom is 0.269 e. The number of benzene rings is 1. The van der Waals surface area contributed by atoms with Gasteiger partial charge in [-0.05, 0) is 43.5 Å². The number of nitrogens with two attached hydrogens (primary N) is 1. The van der Waals surface area contributed by atoms with E-state index in [1.807, 2.05) is 18.2 Å². The van der Waals surface area contributed by atoms with Crippen molar-refractivity contribution in [1.29, 1.82) is 0 Å². The van der Waals surface area contributed by atoms with E-state index in [1.165, 1.54) is 0 Å². The monoisotopic (exact) mass is 314 g/mol. The molecule has 2 aliphatic rings. The molecular weight excluding hydrogens is 296 g/mol. The molecule has 0 bridgehead atoms. The predicted molar refractivity (Wildman–Crippen MR) is 83.2 cm³/mol. The van der Waals surface area contributed by atoms with E-state index in [0.29, 0.717) is 23.7 Å². The van der Waals surface area contributed by atoms with Gasteiger partial charge in [0.1, 0.15) is 5.69 Å². The molecule has 0 unspecified atom stereocenters. The summed E-state index contributed by atoms with van der Waals surface area (Å²) in [5, 5.41) is 9.84. The van der Waals surface area contributed by atoms with E-state index in [1.54, 1.807) is 6.07 Å². The van der Waals surface area contributed by atoms with Gasteiger partial charge < -0.3 is 20.5 Å². The summed E-state index contributed by atoms with van der Waals surface area (Å²) in [7, 11) is 0. The third kappa shape index (κ3) is 2.63. The Kier molecular flexibility index (Phi) is 3.23. The van der Waals surface area contributed by atoms with Crippen LogP contribution in [0.5, 0.6) is 11.5 Å². The number of fused-ring (bicyclic) bond motifs is 1. The third-order valence-corrected chi connectivity index (χ3v) is 4.44. The van der Waals surface area contributed by atoms with E-state index in [4.69, 9.17) is 15.2 Å². The molecule has 1 aliphatic heterocycles. The van der Waals surface area contributed by atoms with Crippen molar-refractivity contribution in [3.63, 3.8) is 0 Å². The highest BCUT2D eigenvalue weighted by molar-refractivity contribution is 5.93. The van der Waals surface area contributed by atoms with Crippen LogP contribution in [-0.2, 0) is 0 Å². The molecule has 2 aromatic rings. The van der Waals surface area contributed by atoms with Gasteiger partial charge >= 0.3 is 0 Å². The van der Waals surface area contributed by atoms with Crippen LogP contribution in [-0.4, -0.2) is 35.0 Å². The maximum absolute atomic E-state index is 12.2. The van der Waals surface area contributed by atoms with Crippen molar-refractivity contribution in [3.05, 3.63) is 30.0 Å². The van der Waals surface area contributed by atoms with Gasteiger partial charge in [0, 0.05) is 17.6 Å². The van der Waals surface area contributed by atoms with Gasteiger partial charge in [-0.15, -0.1) is 0 Å². The molecule has 1 aliphatic carbocycles. The molecular formula is C16H18N4O3. The van der Waals surface area contributed by atoms with Crippen LogP contribution in [0.2, 0.25) is 0 Å². The van der Waals surface area contributed by atoms with Gasteiger partial charge in [0.15, 0.2) is 11.5 Å². The molecule has 0 spiro atoms. The van der Waals surface area contributed by atoms with Crippen LogP contribution in [0.3, 0.4) is 0 Å². The lowest BCUT2D eigenvalue weighted by atomic mass is 9.78. The molecule has 0 radical (unpaired) electrons. The fourth-order valence-electron chi connectivity index (χ4n) is 2.80. The lowest BCUT2D eigenvalue weighted by Gasteiger charge is -2.38. The Bertz CT molecular complexity index is 752. The maximum atomic E-state index is 12.2. The minimum absolute atomic E-state index is 0.193. The second-order valence-corrected chi connectivity index (χ2v) is 6.13. The summed E-state index contributed by atoms with van der Waals surface area (Å²) in [6, 6.07) is 7.29. The molecule has 1 fully saturated rings. The number of nitrogens with one attached hydrogen (secondary N) is 2. The van der Waals surface area contributed by atoms with E-state index in [9.17, 15) is 4.79 Å². The summed E-state index contributed by atoms with van der Waals surface area (Å²) >= 11 is 0. The zero-order valence-electron chi connectivity index (χ0n) is 12.6. The molecule has 4 rings (SSSR count). The van der Waals surface area contributed by atoms with Crippen LogP contribution in [0.15, 0.2) is 24.3 Å². The quantitative estimate of drug-likeness (QED) is 0.792. The van der Waals surface area contributed by atoms with Gasteiger partial charge in [-0.3, -0.25) is 9.89 Å². The molecule has 23 heavy (non-hydrogen) atoms. The first-order valence-electron chi connectivity index (χ1n) is 7.66. The van der Waals surface area contributed by atoms with E-state index in [0.717, 1.165) is 30.6 Å². The number of rotatable bonds is 4. The van der Waals surface area contributed by atoms with Gasteiger partial charge in [-0.2, -0.15) is 5.10 Å². The summed E-state index contributed by atoms with van der Waals surface area (Å²) in [6.45, 7) is 0.720. The Hall–Kier alpha value is -2.54. The SMILES string of the molecule is NC1(CNC(=O)c2cc(-c3ccc4c(c3)OCO4)n[nH]2)CCC1. The van der Waals surface area contributed by atoms with Crippen LogP contribution in [0.1, 0.15) is 29.8 Å². The molecule has 0 saturated heterocycles. The lowest BCUT2D eigenvalue weighted by Crippen LogP contribution is -2.54. The van der Waals surface area contributed by atoms with E-state index >= 15 is 0 Å². The molecule has 2 heterocycles. The number of nitrogens with zero attached hydrogens (tertiary/aromatic N) is 1. The molecule has 0 atom stereocenters. The molecule has 1 saturated carbocycles. The fraction of sp³-hybridized carbons (Fsp3) is 0.375. The zero-order chi connectivity index (χ0) is 15.9.